The van der Waals surface area contributed by atoms with Crippen molar-refractivity contribution in [3.05, 3.63) is 59.7 Å². The van der Waals surface area contributed by atoms with Crippen molar-refractivity contribution in [2.75, 3.05) is 43.4 Å². The lowest BCUT2D eigenvalue weighted by Crippen LogP contribution is -3.12. The van der Waals surface area contributed by atoms with Crippen LogP contribution >= 0.6 is 0 Å². The summed E-state index contributed by atoms with van der Waals surface area (Å²) in [4.78, 5) is 16.0. The number of rotatable bonds is 3. The third-order valence-electron chi connectivity index (χ3n) is 4.58. The van der Waals surface area contributed by atoms with Crippen LogP contribution in [0.3, 0.4) is 0 Å². The van der Waals surface area contributed by atoms with Gasteiger partial charge in [-0.05, 0) is 48.5 Å². The molecular formula is C19H21F3N3O+. The van der Waals surface area contributed by atoms with Crippen molar-refractivity contribution in [3.8, 4) is 0 Å². The van der Waals surface area contributed by atoms with E-state index in [4.69, 9.17) is 0 Å². The second kappa shape index (κ2) is 7.37. The first-order valence-corrected chi connectivity index (χ1v) is 8.48. The van der Waals surface area contributed by atoms with Crippen LogP contribution in [0.2, 0.25) is 0 Å². The number of carbonyl (C=O) groups is 1. The molecule has 1 fully saturated rings. The lowest BCUT2D eigenvalue weighted by Gasteiger charge is -2.31. The van der Waals surface area contributed by atoms with Gasteiger partial charge in [-0.3, -0.25) is 4.79 Å². The van der Waals surface area contributed by atoms with E-state index in [0.29, 0.717) is 5.69 Å². The van der Waals surface area contributed by atoms with E-state index in [1.165, 1.54) is 17.0 Å². The summed E-state index contributed by atoms with van der Waals surface area (Å²) >= 11 is 0. The molecular weight excluding hydrogens is 343 g/mol. The zero-order valence-corrected chi connectivity index (χ0v) is 14.4. The zero-order chi connectivity index (χ0) is 18.7. The molecule has 138 valence electrons. The van der Waals surface area contributed by atoms with Gasteiger partial charge in [0.2, 0.25) is 0 Å². The topological polar surface area (TPSA) is 36.8 Å². The highest BCUT2D eigenvalue weighted by atomic mass is 19.4. The molecule has 2 aromatic rings. The summed E-state index contributed by atoms with van der Waals surface area (Å²) in [6.07, 6.45) is -4.41. The Balaban J connectivity index is 1.62. The smallest absolute Gasteiger partial charge is 0.360 e. The first-order chi connectivity index (χ1) is 12.3. The van der Waals surface area contributed by atoms with Crippen LogP contribution in [0.15, 0.2) is 48.5 Å². The predicted octanol–water partition coefficient (Wildman–Crippen LogP) is 2.29. The van der Waals surface area contributed by atoms with Crippen molar-refractivity contribution in [2.45, 2.75) is 6.18 Å². The SMILES string of the molecule is C[NH+]1CCN(c2ccc(NC(=O)c3ccc(C(F)(F)F)cc3)cc2)CC1. The quantitative estimate of drug-likeness (QED) is 0.877. The highest BCUT2D eigenvalue weighted by Gasteiger charge is 2.30. The maximum absolute atomic E-state index is 12.6. The minimum atomic E-state index is -4.41. The average molecular weight is 364 g/mol. The summed E-state index contributed by atoms with van der Waals surface area (Å²) < 4.78 is 37.7. The standard InChI is InChI=1S/C19H20F3N3O/c1-24-10-12-25(13-11-24)17-8-6-16(7-9-17)23-18(26)14-2-4-15(5-3-14)19(20,21)22/h2-9H,10-13H2,1H3,(H,23,26)/p+1. The van der Waals surface area contributed by atoms with E-state index in [2.05, 4.69) is 17.3 Å². The van der Waals surface area contributed by atoms with Crippen LogP contribution in [0.5, 0.6) is 0 Å². The molecule has 0 bridgehead atoms. The maximum Gasteiger partial charge on any atom is 0.416 e. The van der Waals surface area contributed by atoms with Gasteiger partial charge in [0.05, 0.1) is 38.8 Å². The number of benzene rings is 2. The molecule has 0 atom stereocenters. The number of hydrogen-bond donors (Lipinski definition) is 2. The van der Waals surface area contributed by atoms with Crippen molar-refractivity contribution < 1.29 is 22.9 Å². The number of hydrogen-bond acceptors (Lipinski definition) is 2. The fraction of sp³-hybridized carbons (Fsp3) is 0.316. The summed E-state index contributed by atoms with van der Waals surface area (Å²) in [6, 6.07) is 11.7. The Bertz CT molecular complexity index is 749. The Kier molecular flexibility index (Phi) is 5.18. The molecule has 0 spiro atoms. The Morgan fingerprint density at radius 2 is 1.58 bits per heavy atom. The molecule has 26 heavy (non-hydrogen) atoms. The molecule has 2 N–H and O–H groups in total. The highest BCUT2D eigenvalue weighted by Crippen LogP contribution is 2.29. The minimum Gasteiger partial charge on any atom is -0.360 e. The van der Waals surface area contributed by atoms with E-state index in [1.807, 2.05) is 24.3 Å². The van der Waals surface area contributed by atoms with Crippen LogP contribution in [0.25, 0.3) is 0 Å². The first kappa shape index (κ1) is 18.3. The van der Waals surface area contributed by atoms with Crippen LogP contribution in [0, 0.1) is 0 Å². The molecule has 0 radical (unpaired) electrons. The number of quaternary nitrogens is 1. The first-order valence-electron chi connectivity index (χ1n) is 8.48. The molecule has 1 aliphatic heterocycles. The van der Waals surface area contributed by atoms with E-state index in [0.717, 1.165) is 44.0 Å². The van der Waals surface area contributed by atoms with Crippen molar-refractivity contribution in [1.82, 2.24) is 0 Å². The number of piperazine rings is 1. The van der Waals surface area contributed by atoms with E-state index in [-0.39, 0.29) is 5.56 Å². The summed E-state index contributed by atoms with van der Waals surface area (Å²) in [5, 5.41) is 2.71. The highest BCUT2D eigenvalue weighted by molar-refractivity contribution is 6.04. The summed E-state index contributed by atoms with van der Waals surface area (Å²) in [5.74, 6) is -0.435. The van der Waals surface area contributed by atoms with Crippen molar-refractivity contribution in [2.24, 2.45) is 0 Å². The predicted molar refractivity (Wildman–Crippen MR) is 94.7 cm³/mol. The minimum absolute atomic E-state index is 0.184. The molecule has 4 nitrogen and oxygen atoms in total. The van der Waals surface area contributed by atoms with Crippen molar-refractivity contribution in [3.63, 3.8) is 0 Å². The molecule has 0 aromatic heterocycles. The lowest BCUT2D eigenvalue weighted by molar-refractivity contribution is -0.880. The van der Waals surface area contributed by atoms with E-state index >= 15 is 0 Å². The number of alkyl halides is 3. The average Bonchev–Trinajstić information content (AvgIpc) is 2.62. The van der Waals surface area contributed by atoms with Gasteiger partial charge in [-0.1, -0.05) is 0 Å². The second-order valence-electron chi connectivity index (χ2n) is 6.52. The summed E-state index contributed by atoms with van der Waals surface area (Å²) in [6.45, 7) is 4.16. The van der Waals surface area contributed by atoms with E-state index in [1.54, 1.807) is 0 Å². The Morgan fingerprint density at radius 3 is 2.12 bits per heavy atom. The van der Waals surface area contributed by atoms with Crippen molar-refractivity contribution >= 4 is 17.3 Å². The molecule has 7 heteroatoms. The van der Waals surface area contributed by atoms with Gasteiger partial charge in [0.15, 0.2) is 0 Å². The van der Waals surface area contributed by atoms with E-state index < -0.39 is 17.6 Å². The van der Waals surface area contributed by atoms with Gasteiger partial charge in [0.1, 0.15) is 0 Å². The molecule has 1 amide bonds. The van der Waals surface area contributed by atoms with Gasteiger partial charge in [-0.15, -0.1) is 0 Å². The Labute approximate surface area is 150 Å². The molecule has 0 aliphatic carbocycles. The van der Waals surface area contributed by atoms with Gasteiger partial charge in [-0.2, -0.15) is 13.2 Å². The lowest BCUT2D eigenvalue weighted by atomic mass is 10.1. The normalized spacial score (nSPS) is 15.8. The number of nitrogens with one attached hydrogen (secondary N) is 2. The third kappa shape index (κ3) is 4.35. The zero-order valence-electron chi connectivity index (χ0n) is 14.4. The summed E-state index contributed by atoms with van der Waals surface area (Å²) in [5.41, 5.74) is 1.12. The molecule has 3 rings (SSSR count). The molecule has 2 aromatic carbocycles. The third-order valence-corrected chi connectivity index (χ3v) is 4.58. The number of anilines is 2. The van der Waals surface area contributed by atoms with Crippen LogP contribution in [0.4, 0.5) is 24.5 Å². The second-order valence-corrected chi connectivity index (χ2v) is 6.52. The van der Waals surface area contributed by atoms with Gasteiger partial charge in [0.25, 0.3) is 5.91 Å². The Morgan fingerprint density at radius 1 is 1.00 bits per heavy atom. The molecule has 1 heterocycles. The molecule has 1 saturated heterocycles. The van der Waals surface area contributed by atoms with Crippen LogP contribution in [-0.4, -0.2) is 39.1 Å². The van der Waals surface area contributed by atoms with Crippen molar-refractivity contribution in [1.29, 1.82) is 0 Å². The number of halogens is 3. The van der Waals surface area contributed by atoms with Crippen LogP contribution in [0.1, 0.15) is 15.9 Å². The maximum atomic E-state index is 12.6. The largest absolute Gasteiger partial charge is 0.416 e. The fourth-order valence-corrected chi connectivity index (χ4v) is 2.92. The number of likely N-dealkylation sites (N-methyl/N-ethyl adjacent to an activating group) is 1. The van der Waals surface area contributed by atoms with Crippen LogP contribution in [-0.2, 0) is 6.18 Å². The Hall–Kier alpha value is -2.54. The van der Waals surface area contributed by atoms with Gasteiger partial charge < -0.3 is 15.1 Å². The van der Waals surface area contributed by atoms with Crippen LogP contribution < -0.4 is 15.1 Å². The fourth-order valence-electron chi connectivity index (χ4n) is 2.92. The number of carbonyl (C=O) groups excluding carboxylic acids is 1. The van der Waals surface area contributed by atoms with Gasteiger partial charge in [-0.25, -0.2) is 0 Å². The number of amides is 1. The molecule has 1 aliphatic rings. The summed E-state index contributed by atoms with van der Waals surface area (Å²) in [7, 11) is 2.18. The molecule has 0 saturated carbocycles. The molecule has 0 unspecified atom stereocenters. The monoisotopic (exact) mass is 364 g/mol. The van der Waals surface area contributed by atoms with Gasteiger partial charge in [0, 0.05) is 16.9 Å². The van der Waals surface area contributed by atoms with E-state index in [9.17, 15) is 18.0 Å². The number of nitrogens with zero attached hydrogens (tertiary/aromatic N) is 1. The van der Waals surface area contributed by atoms with Gasteiger partial charge >= 0.3 is 6.18 Å².